The average Bonchev–Trinajstić information content (AvgIpc) is 3.21. The van der Waals surface area contributed by atoms with Crippen molar-refractivity contribution in [3.8, 4) is 5.75 Å². The normalized spacial score (nSPS) is 15.9. The fraction of sp³-hybridized carbons (Fsp3) is 0.333. The van der Waals surface area contributed by atoms with Crippen LogP contribution in [0.1, 0.15) is 28.8 Å². The Morgan fingerprint density at radius 1 is 1.21 bits per heavy atom. The Labute approximate surface area is 162 Å². The van der Waals surface area contributed by atoms with E-state index in [1.165, 1.54) is 12.1 Å². The topological polar surface area (TPSA) is 73.9 Å². The maximum Gasteiger partial charge on any atom is 0.338 e. The van der Waals surface area contributed by atoms with Crippen LogP contribution in [0.2, 0.25) is 0 Å². The largest absolute Gasteiger partial charge is 0.491 e. The predicted molar refractivity (Wildman–Crippen MR) is 101 cm³/mol. The smallest absolute Gasteiger partial charge is 0.338 e. The Balaban J connectivity index is 1.46. The molecule has 1 N–H and O–H groups in total. The van der Waals surface area contributed by atoms with Gasteiger partial charge in [0.2, 0.25) is 0 Å². The molecule has 0 bridgehead atoms. The lowest BCUT2D eigenvalue weighted by atomic mass is 10.2. The highest BCUT2D eigenvalue weighted by Gasteiger charge is 2.16. The van der Waals surface area contributed by atoms with Crippen LogP contribution in [0.5, 0.6) is 5.75 Å². The number of hydrogen-bond acceptors (Lipinski definition) is 5. The average molecular weight is 387 g/mol. The van der Waals surface area contributed by atoms with Crippen molar-refractivity contribution >= 4 is 17.6 Å². The van der Waals surface area contributed by atoms with Gasteiger partial charge < -0.3 is 19.5 Å². The molecule has 2 aromatic carbocycles. The zero-order valence-electron chi connectivity index (χ0n) is 15.6. The number of amides is 1. The Morgan fingerprint density at radius 2 is 2.00 bits per heavy atom. The predicted octanol–water partition coefficient (Wildman–Crippen LogP) is 3.49. The molecule has 1 aliphatic rings. The van der Waals surface area contributed by atoms with E-state index in [0.717, 1.165) is 19.4 Å². The Morgan fingerprint density at radius 3 is 2.71 bits per heavy atom. The molecular formula is C21H22FNO5. The number of rotatable bonds is 7. The van der Waals surface area contributed by atoms with Gasteiger partial charge in [-0.25, -0.2) is 9.18 Å². The second kappa shape index (κ2) is 9.32. The Kier molecular flexibility index (Phi) is 6.60. The van der Waals surface area contributed by atoms with E-state index in [0.29, 0.717) is 29.2 Å². The highest BCUT2D eigenvalue weighted by atomic mass is 19.1. The van der Waals surface area contributed by atoms with Crippen LogP contribution in [-0.2, 0) is 14.3 Å². The number of anilines is 1. The number of halogens is 1. The zero-order valence-corrected chi connectivity index (χ0v) is 15.6. The third kappa shape index (κ3) is 5.53. The Hall–Kier alpha value is -2.93. The van der Waals surface area contributed by atoms with Crippen molar-refractivity contribution in [2.24, 2.45) is 0 Å². The molecule has 1 fully saturated rings. The van der Waals surface area contributed by atoms with Crippen molar-refractivity contribution in [1.29, 1.82) is 0 Å². The molecule has 7 heteroatoms. The molecule has 0 spiro atoms. The molecule has 0 aromatic heterocycles. The molecule has 148 valence electrons. The van der Waals surface area contributed by atoms with E-state index < -0.39 is 24.3 Å². The number of hydrogen-bond donors (Lipinski definition) is 1. The van der Waals surface area contributed by atoms with Crippen LogP contribution < -0.4 is 10.1 Å². The van der Waals surface area contributed by atoms with Crippen molar-refractivity contribution < 1.29 is 28.2 Å². The van der Waals surface area contributed by atoms with Crippen molar-refractivity contribution in [3.63, 3.8) is 0 Å². The van der Waals surface area contributed by atoms with E-state index in [1.807, 2.05) is 0 Å². The summed E-state index contributed by atoms with van der Waals surface area (Å²) in [6.07, 6.45) is 2.15. The SMILES string of the molecule is Cc1ccc(F)cc1NC(=O)COC(=O)c1ccc(OC[C@H]2CCCO2)cc1. The number of ether oxygens (including phenoxy) is 3. The van der Waals surface area contributed by atoms with Gasteiger partial charge in [0.25, 0.3) is 5.91 Å². The number of carbonyl (C=O) groups excluding carboxylic acids is 2. The molecule has 2 aromatic rings. The summed E-state index contributed by atoms with van der Waals surface area (Å²) in [4.78, 5) is 24.0. The van der Waals surface area contributed by atoms with Crippen LogP contribution >= 0.6 is 0 Å². The molecule has 1 amide bonds. The standard InChI is InChI=1S/C21H22FNO5/c1-14-4-7-16(22)11-19(14)23-20(24)13-28-21(25)15-5-8-17(9-6-15)27-12-18-3-2-10-26-18/h4-9,11,18H,2-3,10,12-13H2,1H3,(H,23,24)/t18-/m1/s1. The molecule has 0 saturated carbocycles. The molecule has 1 saturated heterocycles. The van der Waals surface area contributed by atoms with E-state index in [-0.39, 0.29) is 6.10 Å². The first kappa shape index (κ1) is 19.8. The number of aryl methyl sites for hydroxylation is 1. The molecule has 0 aliphatic carbocycles. The fourth-order valence-electron chi connectivity index (χ4n) is 2.78. The van der Waals surface area contributed by atoms with Crippen molar-refractivity contribution in [3.05, 3.63) is 59.4 Å². The Bertz CT molecular complexity index is 831. The van der Waals surface area contributed by atoms with Crippen molar-refractivity contribution in [1.82, 2.24) is 0 Å². The lowest BCUT2D eigenvalue weighted by molar-refractivity contribution is -0.119. The summed E-state index contributed by atoms with van der Waals surface area (Å²) in [6.45, 7) is 2.52. The molecule has 0 unspecified atom stereocenters. The molecule has 3 rings (SSSR count). The number of esters is 1. The number of benzene rings is 2. The van der Waals surface area contributed by atoms with Crippen LogP contribution in [0.15, 0.2) is 42.5 Å². The van der Waals surface area contributed by atoms with Crippen LogP contribution in [-0.4, -0.2) is 37.8 Å². The van der Waals surface area contributed by atoms with Gasteiger partial charge in [-0.3, -0.25) is 4.79 Å². The summed E-state index contributed by atoms with van der Waals surface area (Å²) in [5.74, 6) is -0.999. The highest BCUT2D eigenvalue weighted by Crippen LogP contribution is 2.18. The monoisotopic (exact) mass is 387 g/mol. The van der Waals surface area contributed by atoms with Gasteiger partial charge in [0.1, 0.15) is 18.2 Å². The first-order chi connectivity index (χ1) is 13.5. The molecule has 1 aliphatic heterocycles. The molecule has 0 radical (unpaired) electrons. The van der Waals surface area contributed by atoms with Crippen LogP contribution in [0.4, 0.5) is 10.1 Å². The highest BCUT2D eigenvalue weighted by molar-refractivity contribution is 5.95. The van der Waals surface area contributed by atoms with Gasteiger partial charge >= 0.3 is 5.97 Å². The number of nitrogens with one attached hydrogen (secondary N) is 1. The van der Waals surface area contributed by atoms with Gasteiger partial charge in [-0.1, -0.05) is 6.07 Å². The molecule has 1 atom stereocenters. The third-order valence-electron chi connectivity index (χ3n) is 4.36. The molecule has 28 heavy (non-hydrogen) atoms. The maximum absolute atomic E-state index is 13.3. The quantitative estimate of drug-likeness (QED) is 0.737. The first-order valence-electron chi connectivity index (χ1n) is 9.09. The lowest BCUT2D eigenvalue weighted by Gasteiger charge is -2.12. The first-order valence-corrected chi connectivity index (χ1v) is 9.09. The minimum absolute atomic E-state index is 0.116. The zero-order chi connectivity index (χ0) is 19.9. The summed E-state index contributed by atoms with van der Waals surface area (Å²) in [5, 5.41) is 2.52. The molecule has 6 nitrogen and oxygen atoms in total. The summed E-state index contributed by atoms with van der Waals surface area (Å²) in [6, 6.07) is 10.6. The fourth-order valence-corrected chi connectivity index (χ4v) is 2.78. The van der Waals surface area contributed by atoms with Crippen LogP contribution in [0.25, 0.3) is 0 Å². The maximum atomic E-state index is 13.3. The van der Waals surface area contributed by atoms with E-state index in [4.69, 9.17) is 14.2 Å². The summed E-state index contributed by atoms with van der Waals surface area (Å²) in [7, 11) is 0. The summed E-state index contributed by atoms with van der Waals surface area (Å²) >= 11 is 0. The molecular weight excluding hydrogens is 365 g/mol. The van der Waals surface area contributed by atoms with E-state index in [1.54, 1.807) is 37.3 Å². The lowest BCUT2D eigenvalue weighted by Crippen LogP contribution is -2.21. The van der Waals surface area contributed by atoms with E-state index in [2.05, 4.69) is 5.32 Å². The van der Waals surface area contributed by atoms with E-state index in [9.17, 15) is 14.0 Å². The van der Waals surface area contributed by atoms with E-state index >= 15 is 0 Å². The van der Waals surface area contributed by atoms with Crippen LogP contribution in [0, 0.1) is 12.7 Å². The second-order valence-corrected chi connectivity index (χ2v) is 6.55. The summed E-state index contributed by atoms with van der Waals surface area (Å²) < 4.78 is 29.4. The van der Waals surface area contributed by atoms with Gasteiger partial charge in [-0.05, 0) is 61.7 Å². The van der Waals surface area contributed by atoms with Crippen LogP contribution in [0.3, 0.4) is 0 Å². The molecule has 1 heterocycles. The van der Waals surface area contributed by atoms with Gasteiger partial charge in [0.15, 0.2) is 6.61 Å². The minimum Gasteiger partial charge on any atom is -0.491 e. The van der Waals surface area contributed by atoms with Crippen molar-refractivity contribution in [2.75, 3.05) is 25.1 Å². The van der Waals surface area contributed by atoms with Gasteiger partial charge in [0, 0.05) is 12.3 Å². The van der Waals surface area contributed by atoms with Gasteiger partial charge in [-0.2, -0.15) is 0 Å². The van der Waals surface area contributed by atoms with Crippen molar-refractivity contribution in [2.45, 2.75) is 25.9 Å². The minimum atomic E-state index is -0.628. The van der Waals surface area contributed by atoms with Gasteiger partial charge in [0.05, 0.1) is 11.7 Å². The van der Waals surface area contributed by atoms with Gasteiger partial charge in [-0.15, -0.1) is 0 Å². The number of carbonyl (C=O) groups is 2. The third-order valence-corrected chi connectivity index (χ3v) is 4.36. The summed E-state index contributed by atoms with van der Waals surface area (Å²) in [5.41, 5.74) is 1.35. The second-order valence-electron chi connectivity index (χ2n) is 6.55.